The predicted molar refractivity (Wildman–Crippen MR) is 126 cm³/mol. The number of morpholine rings is 1. The second kappa shape index (κ2) is 9.40. The fourth-order valence-electron chi connectivity index (χ4n) is 3.80. The smallest absolute Gasteiger partial charge is 0.296 e. The second-order valence-corrected chi connectivity index (χ2v) is 8.50. The summed E-state index contributed by atoms with van der Waals surface area (Å²) in [6, 6.07) is 16.7. The van der Waals surface area contributed by atoms with Gasteiger partial charge in [0.25, 0.3) is 6.43 Å². The van der Waals surface area contributed by atoms with E-state index in [2.05, 4.69) is 36.2 Å². The Hall–Kier alpha value is -3.11. The lowest BCUT2D eigenvalue weighted by molar-refractivity contribution is 0.122. The van der Waals surface area contributed by atoms with Gasteiger partial charge in [-0.25, -0.2) is 13.8 Å². The van der Waals surface area contributed by atoms with Crippen molar-refractivity contribution in [3.05, 3.63) is 70.5 Å². The van der Waals surface area contributed by atoms with Gasteiger partial charge < -0.3 is 15.0 Å². The maximum atomic E-state index is 13.9. The van der Waals surface area contributed by atoms with Crippen LogP contribution < -0.4 is 10.2 Å². The highest BCUT2D eigenvalue weighted by atomic mass is 79.9. The predicted octanol–water partition coefficient (Wildman–Crippen LogP) is 4.96. The molecule has 0 unspecified atom stereocenters. The van der Waals surface area contributed by atoms with Gasteiger partial charge in [0.1, 0.15) is 11.6 Å². The summed E-state index contributed by atoms with van der Waals surface area (Å²) in [5, 5.41) is 3.32. The Labute approximate surface area is 197 Å². The third-order valence-electron chi connectivity index (χ3n) is 5.37. The molecule has 1 aliphatic rings. The third-order valence-corrected chi connectivity index (χ3v) is 5.86. The molecule has 5 rings (SSSR count). The number of ether oxygens (including phenoxy) is 1. The molecule has 1 fully saturated rings. The summed E-state index contributed by atoms with van der Waals surface area (Å²) in [6.07, 6.45) is -2.75. The highest BCUT2D eigenvalue weighted by molar-refractivity contribution is 9.10. The zero-order chi connectivity index (χ0) is 22.8. The van der Waals surface area contributed by atoms with E-state index in [0.717, 1.165) is 10.0 Å². The van der Waals surface area contributed by atoms with Crippen molar-refractivity contribution in [3.8, 4) is 5.82 Å². The van der Waals surface area contributed by atoms with Crippen LogP contribution in [0.3, 0.4) is 0 Å². The monoisotopic (exact) mass is 514 g/mol. The van der Waals surface area contributed by atoms with Gasteiger partial charge in [0.15, 0.2) is 5.82 Å². The number of hydrogen-bond acceptors (Lipinski definition) is 6. The molecule has 4 aromatic rings. The van der Waals surface area contributed by atoms with E-state index in [1.54, 1.807) is 30.3 Å². The van der Waals surface area contributed by atoms with Crippen LogP contribution in [-0.2, 0) is 11.3 Å². The maximum Gasteiger partial charge on any atom is 0.296 e. The van der Waals surface area contributed by atoms with Gasteiger partial charge in [-0.15, -0.1) is 0 Å². The zero-order valence-electron chi connectivity index (χ0n) is 17.6. The number of benzene rings is 2. The first kappa shape index (κ1) is 21.7. The van der Waals surface area contributed by atoms with E-state index in [0.29, 0.717) is 61.5 Å². The molecule has 1 N–H and O–H groups in total. The van der Waals surface area contributed by atoms with Crippen LogP contribution in [0.1, 0.15) is 17.8 Å². The molecule has 7 nitrogen and oxygen atoms in total. The maximum absolute atomic E-state index is 13.9. The molecule has 0 atom stereocenters. The summed E-state index contributed by atoms with van der Waals surface area (Å²) in [5.41, 5.74) is 2.11. The lowest BCUT2D eigenvalue weighted by atomic mass is 10.2. The van der Waals surface area contributed by atoms with E-state index in [1.807, 2.05) is 29.2 Å². The number of aromatic nitrogens is 4. The number of rotatable bonds is 6. The highest BCUT2D eigenvalue weighted by Crippen LogP contribution is 2.29. The number of para-hydroxylation sites is 2. The Morgan fingerprint density at radius 1 is 1.00 bits per heavy atom. The van der Waals surface area contributed by atoms with Crippen molar-refractivity contribution in [2.75, 3.05) is 36.5 Å². The van der Waals surface area contributed by atoms with E-state index in [-0.39, 0.29) is 5.82 Å². The molecule has 33 heavy (non-hydrogen) atoms. The van der Waals surface area contributed by atoms with Crippen LogP contribution in [0.4, 0.5) is 20.5 Å². The standard InChI is InChI=1S/C23H21BrF2N6O/c24-16-5-3-4-15(12-16)14-27-19-13-20(30-23(29-19)31-8-10-33-11-9-31)32-18-7-2-1-6-17(18)28-22(32)21(25)26/h1-7,12-13,21H,8-11,14H2,(H,27,29,30). The van der Waals surface area contributed by atoms with Crippen LogP contribution in [-0.4, -0.2) is 45.8 Å². The molecule has 2 aromatic heterocycles. The van der Waals surface area contributed by atoms with Crippen LogP contribution in [0.5, 0.6) is 0 Å². The minimum Gasteiger partial charge on any atom is -0.378 e. The topological polar surface area (TPSA) is 68.1 Å². The van der Waals surface area contributed by atoms with E-state index >= 15 is 0 Å². The molecule has 2 aromatic carbocycles. The van der Waals surface area contributed by atoms with Crippen LogP contribution >= 0.6 is 15.9 Å². The molecule has 0 aliphatic carbocycles. The molecule has 0 amide bonds. The first-order valence-electron chi connectivity index (χ1n) is 10.5. The van der Waals surface area contributed by atoms with Gasteiger partial charge in [-0.3, -0.25) is 4.57 Å². The highest BCUT2D eigenvalue weighted by Gasteiger charge is 2.23. The fraction of sp³-hybridized carbons (Fsp3) is 0.261. The lowest BCUT2D eigenvalue weighted by Gasteiger charge is -2.27. The Bertz CT molecular complexity index is 1280. The molecule has 0 bridgehead atoms. The number of hydrogen-bond donors (Lipinski definition) is 1. The Balaban J connectivity index is 1.59. The van der Waals surface area contributed by atoms with E-state index in [9.17, 15) is 8.78 Å². The first-order valence-corrected chi connectivity index (χ1v) is 11.3. The normalized spacial score (nSPS) is 14.2. The number of anilines is 2. The largest absolute Gasteiger partial charge is 0.378 e. The Kier molecular flexibility index (Phi) is 6.19. The van der Waals surface area contributed by atoms with E-state index in [4.69, 9.17) is 4.74 Å². The van der Waals surface area contributed by atoms with E-state index in [1.165, 1.54) is 4.57 Å². The van der Waals surface area contributed by atoms with Crippen LogP contribution in [0.2, 0.25) is 0 Å². The lowest BCUT2D eigenvalue weighted by Crippen LogP contribution is -2.37. The third kappa shape index (κ3) is 4.67. The molecule has 1 saturated heterocycles. The van der Waals surface area contributed by atoms with Crippen molar-refractivity contribution >= 4 is 38.7 Å². The molecule has 0 radical (unpaired) electrons. The number of nitrogens with one attached hydrogen (secondary N) is 1. The first-order chi connectivity index (χ1) is 16.1. The second-order valence-electron chi connectivity index (χ2n) is 7.59. The van der Waals surface area contributed by atoms with Crippen molar-refractivity contribution in [3.63, 3.8) is 0 Å². The van der Waals surface area contributed by atoms with Crippen LogP contribution in [0, 0.1) is 0 Å². The molecular formula is C23H21BrF2N6O. The molecule has 10 heteroatoms. The SMILES string of the molecule is FC(F)c1nc2ccccc2n1-c1cc(NCc2cccc(Br)c2)nc(N2CCOCC2)n1. The summed E-state index contributed by atoms with van der Waals surface area (Å²) in [6.45, 7) is 2.89. The summed E-state index contributed by atoms with van der Waals surface area (Å²) in [7, 11) is 0. The zero-order valence-corrected chi connectivity index (χ0v) is 19.2. The molecule has 1 aliphatic heterocycles. The van der Waals surface area contributed by atoms with Crippen molar-refractivity contribution in [1.29, 1.82) is 0 Å². The van der Waals surface area contributed by atoms with Crippen LogP contribution in [0.25, 0.3) is 16.9 Å². The van der Waals surface area contributed by atoms with Crippen molar-refractivity contribution in [1.82, 2.24) is 19.5 Å². The van der Waals surface area contributed by atoms with Crippen LogP contribution in [0.15, 0.2) is 59.1 Å². The number of fused-ring (bicyclic) bond motifs is 1. The summed E-state index contributed by atoms with van der Waals surface area (Å²) >= 11 is 3.48. The van der Waals surface area contributed by atoms with Gasteiger partial charge in [0, 0.05) is 30.2 Å². The van der Waals surface area contributed by atoms with Gasteiger partial charge in [-0.1, -0.05) is 40.2 Å². The van der Waals surface area contributed by atoms with Crippen molar-refractivity contribution in [2.24, 2.45) is 0 Å². The average molecular weight is 515 g/mol. The van der Waals surface area contributed by atoms with Gasteiger partial charge in [-0.2, -0.15) is 9.97 Å². The van der Waals surface area contributed by atoms with Gasteiger partial charge >= 0.3 is 0 Å². The average Bonchev–Trinajstić information content (AvgIpc) is 3.23. The summed E-state index contributed by atoms with van der Waals surface area (Å²) in [5.74, 6) is 0.998. The molecule has 3 heterocycles. The quantitative estimate of drug-likeness (QED) is 0.392. The van der Waals surface area contributed by atoms with Crippen molar-refractivity contribution in [2.45, 2.75) is 13.0 Å². The minimum atomic E-state index is -2.75. The van der Waals surface area contributed by atoms with E-state index < -0.39 is 6.43 Å². The summed E-state index contributed by atoms with van der Waals surface area (Å²) in [4.78, 5) is 15.5. The summed E-state index contributed by atoms with van der Waals surface area (Å²) < 4.78 is 35.7. The molecule has 170 valence electrons. The molecule has 0 saturated carbocycles. The van der Waals surface area contributed by atoms with Gasteiger partial charge in [0.05, 0.1) is 24.2 Å². The molecular weight excluding hydrogens is 494 g/mol. The fourth-order valence-corrected chi connectivity index (χ4v) is 4.25. The Morgan fingerprint density at radius 2 is 1.82 bits per heavy atom. The van der Waals surface area contributed by atoms with Crippen molar-refractivity contribution < 1.29 is 13.5 Å². The number of nitrogens with zero attached hydrogens (tertiary/aromatic N) is 5. The number of imidazole rings is 1. The van der Waals surface area contributed by atoms with Gasteiger partial charge in [-0.05, 0) is 29.8 Å². The Morgan fingerprint density at radius 3 is 2.61 bits per heavy atom. The number of alkyl halides is 2. The van der Waals surface area contributed by atoms with Gasteiger partial charge in [0.2, 0.25) is 5.95 Å². The number of halogens is 3. The minimum absolute atomic E-state index is 0.340. The molecule has 0 spiro atoms.